The minimum absolute atomic E-state index is 0.779. The first-order chi connectivity index (χ1) is 11.9. The number of rotatable bonds is 5. The SMILES string of the molecule is c1ccc2c(c1)CCCN2CCN1CCN(CC2CCOC2)CC1. The van der Waals surface area contributed by atoms with Crippen molar-refractivity contribution in [3.8, 4) is 0 Å². The van der Waals surface area contributed by atoms with Gasteiger partial charge in [0.2, 0.25) is 0 Å². The number of benzene rings is 1. The van der Waals surface area contributed by atoms with Gasteiger partial charge in [-0.05, 0) is 36.8 Å². The highest BCUT2D eigenvalue weighted by Gasteiger charge is 2.23. The van der Waals surface area contributed by atoms with Crippen LogP contribution in [0.4, 0.5) is 5.69 Å². The summed E-state index contributed by atoms with van der Waals surface area (Å²) in [6.45, 7) is 11.7. The summed E-state index contributed by atoms with van der Waals surface area (Å²) in [6.07, 6.45) is 3.80. The first-order valence-corrected chi connectivity index (χ1v) is 9.74. The Hall–Kier alpha value is -1.10. The van der Waals surface area contributed by atoms with E-state index in [1.807, 2.05) is 0 Å². The first kappa shape index (κ1) is 16.4. The van der Waals surface area contributed by atoms with E-state index in [2.05, 4.69) is 39.0 Å². The van der Waals surface area contributed by atoms with Crippen molar-refractivity contribution in [3.05, 3.63) is 29.8 Å². The second-order valence-corrected chi connectivity index (χ2v) is 7.59. The van der Waals surface area contributed by atoms with Gasteiger partial charge in [-0.3, -0.25) is 4.90 Å². The molecule has 0 aromatic heterocycles. The molecule has 132 valence electrons. The number of aryl methyl sites for hydroxylation is 1. The molecule has 0 bridgehead atoms. The summed E-state index contributed by atoms with van der Waals surface area (Å²) in [5, 5.41) is 0. The van der Waals surface area contributed by atoms with E-state index in [1.165, 1.54) is 82.9 Å². The zero-order valence-electron chi connectivity index (χ0n) is 14.8. The van der Waals surface area contributed by atoms with E-state index in [-0.39, 0.29) is 0 Å². The Labute approximate surface area is 146 Å². The van der Waals surface area contributed by atoms with Gasteiger partial charge < -0.3 is 14.5 Å². The molecule has 1 aromatic rings. The van der Waals surface area contributed by atoms with Crippen molar-refractivity contribution in [1.29, 1.82) is 0 Å². The average molecular weight is 329 g/mol. The van der Waals surface area contributed by atoms with E-state index in [0.29, 0.717) is 0 Å². The molecular weight excluding hydrogens is 298 g/mol. The minimum Gasteiger partial charge on any atom is -0.381 e. The molecule has 0 N–H and O–H groups in total. The van der Waals surface area contributed by atoms with E-state index in [4.69, 9.17) is 4.74 Å². The van der Waals surface area contributed by atoms with Crippen molar-refractivity contribution < 1.29 is 4.74 Å². The summed E-state index contributed by atoms with van der Waals surface area (Å²) in [5.74, 6) is 0.779. The summed E-state index contributed by atoms with van der Waals surface area (Å²) in [5.41, 5.74) is 3.01. The van der Waals surface area contributed by atoms with Crippen LogP contribution in [0, 0.1) is 5.92 Å². The number of nitrogens with zero attached hydrogens (tertiary/aromatic N) is 3. The molecule has 4 nitrogen and oxygen atoms in total. The molecule has 0 saturated carbocycles. The van der Waals surface area contributed by atoms with Gasteiger partial charge in [-0.2, -0.15) is 0 Å². The lowest BCUT2D eigenvalue weighted by molar-refractivity contribution is 0.112. The predicted molar refractivity (Wildman–Crippen MR) is 98.8 cm³/mol. The number of piperazine rings is 1. The fraction of sp³-hybridized carbons (Fsp3) is 0.700. The second-order valence-electron chi connectivity index (χ2n) is 7.59. The van der Waals surface area contributed by atoms with Gasteiger partial charge in [0, 0.05) is 64.7 Å². The maximum Gasteiger partial charge on any atom is 0.0507 e. The Bertz CT molecular complexity index is 521. The number of hydrogen-bond donors (Lipinski definition) is 0. The summed E-state index contributed by atoms with van der Waals surface area (Å²) in [4.78, 5) is 7.89. The molecule has 2 fully saturated rings. The first-order valence-electron chi connectivity index (χ1n) is 9.74. The van der Waals surface area contributed by atoms with Crippen molar-refractivity contribution >= 4 is 5.69 Å². The molecule has 0 radical (unpaired) electrons. The molecule has 0 amide bonds. The van der Waals surface area contributed by atoms with Gasteiger partial charge >= 0.3 is 0 Å². The number of fused-ring (bicyclic) bond motifs is 1. The van der Waals surface area contributed by atoms with E-state index in [9.17, 15) is 0 Å². The van der Waals surface area contributed by atoms with E-state index in [0.717, 1.165) is 19.1 Å². The normalized spacial score (nSPS) is 25.8. The van der Waals surface area contributed by atoms with E-state index >= 15 is 0 Å². The Balaban J connectivity index is 1.22. The third-order valence-electron chi connectivity index (χ3n) is 5.90. The smallest absolute Gasteiger partial charge is 0.0507 e. The second kappa shape index (κ2) is 7.85. The lowest BCUT2D eigenvalue weighted by atomic mass is 10.0. The largest absolute Gasteiger partial charge is 0.381 e. The van der Waals surface area contributed by atoms with Crippen LogP contribution in [0.1, 0.15) is 18.4 Å². The van der Waals surface area contributed by atoms with Gasteiger partial charge in [-0.1, -0.05) is 18.2 Å². The standard InChI is InChI=1S/C20H31N3O/c1-2-6-20-19(4-1)5-3-8-23(20)14-13-21-9-11-22(12-10-21)16-18-7-15-24-17-18/h1-2,4,6,18H,3,5,7-17H2. The highest BCUT2D eigenvalue weighted by molar-refractivity contribution is 5.55. The molecule has 3 aliphatic heterocycles. The Morgan fingerprint density at radius 1 is 0.958 bits per heavy atom. The number of hydrogen-bond acceptors (Lipinski definition) is 4. The Kier molecular flexibility index (Phi) is 5.36. The summed E-state index contributed by atoms with van der Waals surface area (Å²) in [7, 11) is 0. The van der Waals surface area contributed by atoms with Crippen LogP contribution in [-0.2, 0) is 11.2 Å². The lowest BCUT2D eigenvalue weighted by Crippen LogP contribution is -2.49. The highest BCUT2D eigenvalue weighted by atomic mass is 16.5. The predicted octanol–water partition coefficient (Wildman–Crippen LogP) is 2.09. The van der Waals surface area contributed by atoms with Gasteiger partial charge in [-0.15, -0.1) is 0 Å². The zero-order valence-corrected chi connectivity index (χ0v) is 14.8. The van der Waals surface area contributed by atoms with Crippen LogP contribution in [0.25, 0.3) is 0 Å². The molecule has 2 saturated heterocycles. The van der Waals surface area contributed by atoms with Crippen LogP contribution in [0.2, 0.25) is 0 Å². The van der Waals surface area contributed by atoms with Gasteiger partial charge in [0.25, 0.3) is 0 Å². The molecular formula is C20H31N3O. The summed E-state index contributed by atoms with van der Waals surface area (Å²) >= 11 is 0. The summed E-state index contributed by atoms with van der Waals surface area (Å²) < 4.78 is 5.51. The fourth-order valence-electron chi connectivity index (χ4n) is 4.39. The van der Waals surface area contributed by atoms with Crippen LogP contribution in [-0.4, -0.2) is 75.4 Å². The van der Waals surface area contributed by atoms with Gasteiger partial charge in [0.05, 0.1) is 6.61 Å². The summed E-state index contributed by atoms with van der Waals surface area (Å²) in [6, 6.07) is 8.96. The van der Waals surface area contributed by atoms with E-state index in [1.54, 1.807) is 0 Å². The number of ether oxygens (including phenoxy) is 1. The average Bonchev–Trinajstić information content (AvgIpc) is 3.14. The van der Waals surface area contributed by atoms with Crippen molar-refractivity contribution in [2.45, 2.75) is 19.3 Å². The molecule has 1 atom stereocenters. The van der Waals surface area contributed by atoms with Gasteiger partial charge in [0.1, 0.15) is 0 Å². The van der Waals surface area contributed by atoms with Crippen LogP contribution in [0.3, 0.4) is 0 Å². The van der Waals surface area contributed by atoms with E-state index < -0.39 is 0 Å². The molecule has 3 aliphatic rings. The molecule has 4 rings (SSSR count). The number of para-hydroxylation sites is 1. The third-order valence-corrected chi connectivity index (χ3v) is 5.90. The van der Waals surface area contributed by atoms with Crippen molar-refractivity contribution in [3.63, 3.8) is 0 Å². The molecule has 1 unspecified atom stereocenters. The topological polar surface area (TPSA) is 19.0 Å². The van der Waals surface area contributed by atoms with Crippen molar-refractivity contribution in [1.82, 2.24) is 9.80 Å². The monoisotopic (exact) mass is 329 g/mol. The maximum atomic E-state index is 5.51. The quantitative estimate of drug-likeness (QED) is 0.823. The molecule has 4 heteroatoms. The molecule has 0 spiro atoms. The minimum atomic E-state index is 0.779. The number of anilines is 1. The lowest BCUT2D eigenvalue weighted by Gasteiger charge is -2.38. The zero-order chi connectivity index (χ0) is 16.2. The van der Waals surface area contributed by atoms with Crippen LogP contribution >= 0.6 is 0 Å². The highest BCUT2D eigenvalue weighted by Crippen LogP contribution is 2.26. The van der Waals surface area contributed by atoms with Gasteiger partial charge in [0.15, 0.2) is 0 Å². The molecule has 3 heterocycles. The fourth-order valence-corrected chi connectivity index (χ4v) is 4.39. The van der Waals surface area contributed by atoms with Crippen LogP contribution in [0.15, 0.2) is 24.3 Å². The van der Waals surface area contributed by atoms with Crippen molar-refractivity contribution in [2.75, 3.05) is 70.5 Å². The van der Waals surface area contributed by atoms with Crippen molar-refractivity contribution in [2.24, 2.45) is 5.92 Å². The molecule has 24 heavy (non-hydrogen) atoms. The van der Waals surface area contributed by atoms with Crippen LogP contribution < -0.4 is 4.90 Å². The Morgan fingerprint density at radius 2 is 1.79 bits per heavy atom. The Morgan fingerprint density at radius 3 is 2.62 bits per heavy atom. The maximum absolute atomic E-state index is 5.51. The van der Waals surface area contributed by atoms with Gasteiger partial charge in [-0.25, -0.2) is 0 Å². The third kappa shape index (κ3) is 3.93. The molecule has 1 aromatic carbocycles. The van der Waals surface area contributed by atoms with Crippen LogP contribution in [0.5, 0.6) is 0 Å². The molecule has 0 aliphatic carbocycles.